The fourth-order valence-electron chi connectivity index (χ4n) is 7.89. The number of aliphatic hydroxyl groups is 1. The van der Waals surface area contributed by atoms with Crippen LogP contribution in [0.25, 0.3) is 21.9 Å². The summed E-state index contributed by atoms with van der Waals surface area (Å²) < 4.78 is 49.4. The molecule has 7 rings (SSSR count). The van der Waals surface area contributed by atoms with E-state index >= 15 is 4.39 Å². The molecule has 1 saturated carbocycles. The van der Waals surface area contributed by atoms with Gasteiger partial charge in [0.1, 0.15) is 28.5 Å². The highest BCUT2D eigenvalue weighted by atomic mass is 19.1. The number of morpholine rings is 1. The summed E-state index contributed by atoms with van der Waals surface area (Å²) in [7, 11) is 0. The Morgan fingerprint density at radius 3 is 2.24 bits per heavy atom. The molecule has 292 valence electrons. The number of aliphatic hydroxyl groups excluding tert-OH is 1. The largest absolute Gasteiger partial charge is 0.459 e. The van der Waals surface area contributed by atoms with Gasteiger partial charge in [-0.3, -0.25) is 4.90 Å². The number of aryl methyl sites for hydroxylation is 2. The fraction of sp³-hybridized carbons (Fsp3) is 0.429. The SMILES string of the molecule is Cc1c([C@H](C)N(C(=O)Nc2ccc(N3CCOCC3)cc2)c2ccc3oc([C@@H](NC(=O)NC4CCC(O)CC4)C(C)C)c(C)c3c2F)oc2ccc(F)cc12. The van der Waals surface area contributed by atoms with Crippen LogP contribution in [0.3, 0.4) is 0 Å². The molecule has 55 heavy (non-hydrogen) atoms. The number of hydrogen-bond acceptors (Lipinski definition) is 7. The molecule has 11 nitrogen and oxygen atoms in total. The third-order valence-electron chi connectivity index (χ3n) is 11.0. The molecule has 5 aromatic rings. The summed E-state index contributed by atoms with van der Waals surface area (Å²) in [4.78, 5) is 31.1. The second-order valence-electron chi connectivity index (χ2n) is 15.1. The Bertz CT molecular complexity index is 2170. The molecule has 3 heterocycles. The summed E-state index contributed by atoms with van der Waals surface area (Å²) >= 11 is 0. The lowest BCUT2D eigenvalue weighted by atomic mass is 9.93. The van der Waals surface area contributed by atoms with Crippen LogP contribution < -0.4 is 25.8 Å². The van der Waals surface area contributed by atoms with E-state index in [0.717, 1.165) is 18.8 Å². The van der Waals surface area contributed by atoms with Gasteiger partial charge in [0, 0.05) is 47.0 Å². The molecule has 4 N–H and O–H groups in total. The molecule has 1 aliphatic heterocycles. The predicted molar refractivity (Wildman–Crippen MR) is 209 cm³/mol. The van der Waals surface area contributed by atoms with Crippen molar-refractivity contribution < 1.29 is 37.0 Å². The molecular weight excluding hydrogens is 708 g/mol. The molecule has 3 aromatic carbocycles. The number of amides is 4. The number of fused-ring (bicyclic) bond motifs is 2. The lowest BCUT2D eigenvalue weighted by Crippen LogP contribution is -2.46. The smallest absolute Gasteiger partial charge is 0.327 e. The van der Waals surface area contributed by atoms with Gasteiger partial charge in [-0.2, -0.15) is 0 Å². The number of ether oxygens (including phenoxy) is 1. The number of carbonyl (C=O) groups excluding carboxylic acids is 2. The van der Waals surface area contributed by atoms with Crippen LogP contribution >= 0.6 is 0 Å². The minimum Gasteiger partial charge on any atom is -0.459 e. The molecule has 2 fully saturated rings. The third-order valence-corrected chi connectivity index (χ3v) is 11.0. The number of urea groups is 2. The number of rotatable bonds is 9. The van der Waals surface area contributed by atoms with Gasteiger partial charge in [0.2, 0.25) is 0 Å². The van der Waals surface area contributed by atoms with Crippen molar-refractivity contribution >= 4 is 51.1 Å². The molecule has 0 unspecified atom stereocenters. The number of hydrogen-bond donors (Lipinski definition) is 4. The Morgan fingerprint density at radius 2 is 1.55 bits per heavy atom. The number of halogens is 2. The summed E-state index contributed by atoms with van der Waals surface area (Å²) in [5.41, 5.74) is 3.34. The van der Waals surface area contributed by atoms with E-state index in [1.54, 1.807) is 39.0 Å². The van der Waals surface area contributed by atoms with E-state index in [9.17, 15) is 19.1 Å². The average molecular weight is 758 g/mol. The van der Waals surface area contributed by atoms with Crippen molar-refractivity contribution in [2.45, 2.75) is 84.5 Å². The van der Waals surface area contributed by atoms with Gasteiger partial charge in [0.25, 0.3) is 0 Å². The Balaban J connectivity index is 1.23. The first-order chi connectivity index (χ1) is 26.4. The van der Waals surface area contributed by atoms with Crippen LogP contribution in [-0.2, 0) is 4.74 Å². The predicted octanol–water partition coefficient (Wildman–Crippen LogP) is 9.01. The van der Waals surface area contributed by atoms with Gasteiger partial charge in [0.05, 0.1) is 42.5 Å². The van der Waals surface area contributed by atoms with Crippen LogP contribution in [0.4, 0.5) is 35.4 Å². The molecule has 0 radical (unpaired) electrons. The zero-order chi connectivity index (χ0) is 39.0. The third kappa shape index (κ3) is 7.86. The topological polar surface area (TPSA) is 132 Å². The monoisotopic (exact) mass is 757 g/mol. The molecule has 2 aliphatic rings. The van der Waals surface area contributed by atoms with E-state index in [4.69, 9.17) is 13.6 Å². The average Bonchev–Trinajstić information content (AvgIpc) is 3.68. The standard InChI is InChI=1S/C42H49F2N5O6/c1-23(2)38(47-41(51)45-28-9-13-31(50)14-10-28)40-25(4)36-35(55-40)17-15-33(37(36)44)49(26(5)39-24(3)32-22-27(43)6-16-34(32)54-39)42(52)46-29-7-11-30(12-8-29)48-18-20-53-21-19-48/h6-8,11-12,15-17,22-23,26,28,31,38,50H,9-10,13-14,18-21H2,1-5H3,(H,46,52)(H2,45,47,51)/t26-,28?,31?,38-/m0/s1. The van der Waals surface area contributed by atoms with Crippen molar-refractivity contribution in [1.29, 1.82) is 0 Å². The zero-order valence-corrected chi connectivity index (χ0v) is 31.9. The van der Waals surface area contributed by atoms with Gasteiger partial charge in [0.15, 0.2) is 5.82 Å². The van der Waals surface area contributed by atoms with Crippen LogP contribution in [0.2, 0.25) is 0 Å². The highest BCUT2D eigenvalue weighted by molar-refractivity contribution is 6.04. The molecule has 13 heteroatoms. The molecule has 1 saturated heterocycles. The maximum atomic E-state index is 17.2. The van der Waals surface area contributed by atoms with Gasteiger partial charge in [-0.25, -0.2) is 18.4 Å². The Hall–Kier alpha value is -5.14. The second-order valence-corrected chi connectivity index (χ2v) is 15.1. The first kappa shape index (κ1) is 38.1. The quantitative estimate of drug-likeness (QED) is 0.118. The van der Waals surface area contributed by atoms with Gasteiger partial charge in [-0.05, 0) is 107 Å². The number of carbonyl (C=O) groups is 2. The molecule has 1 aliphatic carbocycles. The molecular formula is C42H49F2N5O6. The fourth-order valence-corrected chi connectivity index (χ4v) is 7.89. The van der Waals surface area contributed by atoms with Crippen LogP contribution in [0.1, 0.15) is 81.2 Å². The Kier molecular flexibility index (Phi) is 11.0. The molecule has 4 amide bonds. The number of benzene rings is 3. The molecule has 0 bridgehead atoms. The first-order valence-electron chi connectivity index (χ1n) is 19.1. The normalized spacial score (nSPS) is 18.7. The molecule has 2 aromatic heterocycles. The molecule has 2 atom stereocenters. The number of nitrogens with one attached hydrogen (secondary N) is 3. The summed E-state index contributed by atoms with van der Waals surface area (Å²) in [6, 6.07) is 12.4. The first-order valence-corrected chi connectivity index (χ1v) is 19.1. The van der Waals surface area contributed by atoms with E-state index < -0.39 is 29.7 Å². The van der Waals surface area contributed by atoms with Crippen molar-refractivity contribution in [3.63, 3.8) is 0 Å². The summed E-state index contributed by atoms with van der Waals surface area (Å²) in [5.74, 6) is -0.422. The van der Waals surface area contributed by atoms with Gasteiger partial charge in [-0.15, -0.1) is 0 Å². The van der Waals surface area contributed by atoms with Gasteiger partial charge >= 0.3 is 12.1 Å². The number of nitrogens with zero attached hydrogens (tertiary/aromatic N) is 2. The van der Waals surface area contributed by atoms with Gasteiger partial charge in [-0.1, -0.05) is 13.8 Å². The van der Waals surface area contributed by atoms with Crippen molar-refractivity contribution in [1.82, 2.24) is 10.6 Å². The van der Waals surface area contributed by atoms with Crippen LogP contribution in [0.5, 0.6) is 0 Å². The lowest BCUT2D eigenvalue weighted by molar-refractivity contribution is 0.117. The lowest BCUT2D eigenvalue weighted by Gasteiger charge is -2.30. The van der Waals surface area contributed by atoms with E-state index in [0.29, 0.717) is 78.2 Å². The Morgan fingerprint density at radius 1 is 0.873 bits per heavy atom. The van der Waals surface area contributed by atoms with Crippen molar-refractivity contribution in [2.24, 2.45) is 5.92 Å². The van der Waals surface area contributed by atoms with E-state index in [1.165, 1.54) is 29.2 Å². The summed E-state index contributed by atoms with van der Waals surface area (Å²) in [6.45, 7) is 12.0. The number of furan rings is 2. The van der Waals surface area contributed by atoms with Crippen molar-refractivity contribution in [3.8, 4) is 0 Å². The number of anilines is 3. The van der Waals surface area contributed by atoms with E-state index in [-0.39, 0.29) is 40.8 Å². The van der Waals surface area contributed by atoms with Crippen LogP contribution in [-0.4, -0.2) is 55.6 Å². The molecule has 0 spiro atoms. The highest BCUT2D eigenvalue weighted by Gasteiger charge is 2.34. The van der Waals surface area contributed by atoms with Crippen LogP contribution in [0, 0.1) is 31.4 Å². The maximum absolute atomic E-state index is 17.2. The second kappa shape index (κ2) is 15.9. The maximum Gasteiger partial charge on any atom is 0.327 e. The highest BCUT2D eigenvalue weighted by Crippen LogP contribution is 2.41. The van der Waals surface area contributed by atoms with Gasteiger partial charge < -0.3 is 39.5 Å². The van der Waals surface area contributed by atoms with E-state index in [2.05, 4.69) is 20.9 Å². The van der Waals surface area contributed by atoms with E-state index in [1.807, 2.05) is 26.0 Å². The van der Waals surface area contributed by atoms with Crippen molar-refractivity contribution in [2.75, 3.05) is 41.4 Å². The Labute approximate surface area is 319 Å². The summed E-state index contributed by atoms with van der Waals surface area (Å²) in [5, 5.41) is 19.6. The summed E-state index contributed by atoms with van der Waals surface area (Å²) in [6.07, 6.45) is 2.29. The minimum absolute atomic E-state index is 0.0183. The minimum atomic E-state index is -0.837. The van der Waals surface area contributed by atoms with Crippen LogP contribution in [0.15, 0.2) is 63.4 Å². The zero-order valence-electron chi connectivity index (χ0n) is 31.9. The van der Waals surface area contributed by atoms with Crippen molar-refractivity contribution in [3.05, 3.63) is 88.9 Å².